The molecule has 0 aromatic rings. The van der Waals surface area contributed by atoms with Gasteiger partial charge in [-0.05, 0) is 33.7 Å². The molecule has 0 radical (unpaired) electrons. The first-order valence-corrected chi connectivity index (χ1v) is 6.68. The van der Waals surface area contributed by atoms with Crippen molar-refractivity contribution in [2.24, 2.45) is 0 Å². The molecule has 3 unspecified atom stereocenters. The average molecular weight is 303 g/mol. The number of carbonyl (C=O) groups is 2. The minimum atomic E-state index is -0.307. The molecule has 21 heavy (non-hydrogen) atoms. The summed E-state index contributed by atoms with van der Waals surface area (Å²) in [5, 5.41) is 11.0. The first kappa shape index (κ1) is 22.5. The van der Waals surface area contributed by atoms with Crippen LogP contribution < -0.4 is 5.43 Å². The maximum Gasteiger partial charge on any atom is 0.148 e. The lowest BCUT2D eigenvalue weighted by Gasteiger charge is -2.14. The standard InChI is InChI=1S/C7H13NO2.C6H12N2O.2CH4/c1-5(9)7-3-6(10)4-8(7)2;1-5(9)6-3-4-7-8(6)2;;/h6-7,10H,3-4H2,1-2H3;6-7H,3-4H2,1-2H3;2*1H4. The van der Waals surface area contributed by atoms with Gasteiger partial charge in [0.2, 0.25) is 0 Å². The second kappa shape index (κ2) is 10.00. The molecular formula is C15H33N3O3. The number of ketones is 2. The van der Waals surface area contributed by atoms with Gasteiger partial charge in [0.25, 0.3) is 0 Å². The summed E-state index contributed by atoms with van der Waals surface area (Å²) in [7, 11) is 3.77. The molecular weight excluding hydrogens is 270 g/mol. The number of hydrazine groups is 1. The maximum absolute atomic E-state index is 10.8. The zero-order valence-corrected chi connectivity index (χ0v) is 12.2. The molecule has 126 valence electrons. The topological polar surface area (TPSA) is 72.9 Å². The highest BCUT2D eigenvalue weighted by atomic mass is 16.3. The molecule has 0 aliphatic carbocycles. The molecule has 6 nitrogen and oxygen atoms in total. The Labute approximate surface area is 129 Å². The Morgan fingerprint density at radius 3 is 1.81 bits per heavy atom. The summed E-state index contributed by atoms with van der Waals surface area (Å²) in [6, 6.07) is 0.0694. The smallest absolute Gasteiger partial charge is 0.148 e. The summed E-state index contributed by atoms with van der Waals surface area (Å²) >= 11 is 0. The second-order valence-electron chi connectivity index (χ2n) is 5.39. The van der Waals surface area contributed by atoms with E-state index >= 15 is 0 Å². The van der Waals surface area contributed by atoms with Crippen molar-refractivity contribution in [2.75, 3.05) is 27.2 Å². The van der Waals surface area contributed by atoms with E-state index in [9.17, 15) is 9.59 Å². The number of rotatable bonds is 2. The fourth-order valence-corrected chi connectivity index (χ4v) is 2.61. The number of aliphatic hydroxyl groups is 1. The van der Waals surface area contributed by atoms with Crippen LogP contribution in [0.15, 0.2) is 0 Å². The van der Waals surface area contributed by atoms with Gasteiger partial charge in [-0.1, -0.05) is 14.9 Å². The van der Waals surface area contributed by atoms with Crippen molar-refractivity contribution in [3.63, 3.8) is 0 Å². The Morgan fingerprint density at radius 1 is 1.10 bits per heavy atom. The van der Waals surface area contributed by atoms with Gasteiger partial charge in [0.1, 0.15) is 11.6 Å². The number of hydrogen-bond donors (Lipinski definition) is 2. The van der Waals surface area contributed by atoms with Crippen molar-refractivity contribution >= 4 is 11.6 Å². The van der Waals surface area contributed by atoms with Crippen molar-refractivity contribution in [1.29, 1.82) is 0 Å². The lowest BCUT2D eigenvalue weighted by Crippen LogP contribution is -2.36. The van der Waals surface area contributed by atoms with Crippen LogP contribution in [0, 0.1) is 0 Å². The molecule has 0 aromatic heterocycles. The lowest BCUT2D eigenvalue weighted by atomic mass is 10.1. The zero-order chi connectivity index (χ0) is 14.6. The number of nitrogens with one attached hydrogen (secondary N) is 1. The molecule has 2 aliphatic rings. The third kappa shape index (κ3) is 6.65. The minimum absolute atomic E-state index is 0. The van der Waals surface area contributed by atoms with Crippen LogP contribution in [-0.4, -0.2) is 72.0 Å². The highest BCUT2D eigenvalue weighted by Crippen LogP contribution is 2.15. The number of likely N-dealkylation sites (tertiary alicyclic amines) is 1. The monoisotopic (exact) mass is 303 g/mol. The highest BCUT2D eigenvalue weighted by molar-refractivity contribution is 5.82. The van der Waals surface area contributed by atoms with Gasteiger partial charge in [0.05, 0.1) is 18.2 Å². The Kier molecular flexibility index (Phi) is 10.7. The van der Waals surface area contributed by atoms with Crippen LogP contribution >= 0.6 is 0 Å². The van der Waals surface area contributed by atoms with Crippen LogP contribution in [0.1, 0.15) is 41.5 Å². The molecule has 2 saturated heterocycles. The summed E-state index contributed by atoms with van der Waals surface area (Å²) in [6.45, 7) is 4.76. The minimum Gasteiger partial charge on any atom is -0.392 e. The fourth-order valence-electron chi connectivity index (χ4n) is 2.61. The third-order valence-corrected chi connectivity index (χ3v) is 3.71. The molecule has 6 heteroatoms. The van der Waals surface area contributed by atoms with E-state index in [0.717, 1.165) is 13.0 Å². The Bertz CT molecular complexity index is 336. The normalized spacial score (nSPS) is 28.9. The van der Waals surface area contributed by atoms with Gasteiger partial charge in [-0.25, -0.2) is 5.01 Å². The van der Waals surface area contributed by atoms with Gasteiger partial charge >= 0.3 is 0 Å². The van der Waals surface area contributed by atoms with Crippen LogP contribution in [0.3, 0.4) is 0 Å². The quantitative estimate of drug-likeness (QED) is 0.782. The fraction of sp³-hybridized carbons (Fsp3) is 0.867. The van der Waals surface area contributed by atoms with Gasteiger partial charge in [0.15, 0.2) is 0 Å². The number of Topliss-reactive ketones (excluding diaryl/α,β-unsaturated/α-hetero) is 2. The van der Waals surface area contributed by atoms with E-state index in [2.05, 4.69) is 5.43 Å². The summed E-state index contributed by atoms with van der Waals surface area (Å²) in [5.74, 6) is 0.404. The molecule has 2 rings (SSSR count). The molecule has 2 N–H and O–H groups in total. The second-order valence-corrected chi connectivity index (χ2v) is 5.39. The number of nitrogens with zero attached hydrogens (tertiary/aromatic N) is 2. The number of aliphatic hydroxyl groups excluding tert-OH is 1. The predicted octanol–water partition coefficient (Wildman–Crippen LogP) is 0.697. The number of likely N-dealkylation sites (N-methyl/N-ethyl adjacent to an activating group) is 2. The maximum atomic E-state index is 10.8. The molecule has 2 fully saturated rings. The van der Waals surface area contributed by atoms with Crippen LogP contribution in [0.25, 0.3) is 0 Å². The van der Waals surface area contributed by atoms with E-state index in [1.54, 1.807) is 13.8 Å². The van der Waals surface area contributed by atoms with Gasteiger partial charge < -0.3 is 5.11 Å². The summed E-state index contributed by atoms with van der Waals surface area (Å²) in [4.78, 5) is 23.5. The van der Waals surface area contributed by atoms with Crippen molar-refractivity contribution in [3.05, 3.63) is 0 Å². The molecule has 0 amide bonds. The van der Waals surface area contributed by atoms with Crippen LogP contribution in [0.4, 0.5) is 0 Å². The molecule has 2 aliphatic heterocycles. The summed E-state index contributed by atoms with van der Waals surface area (Å²) in [6.07, 6.45) is 1.25. The Hall–Kier alpha value is -0.820. The largest absolute Gasteiger partial charge is 0.392 e. The lowest BCUT2D eigenvalue weighted by molar-refractivity contribution is -0.121. The zero-order valence-electron chi connectivity index (χ0n) is 12.2. The van der Waals surface area contributed by atoms with Gasteiger partial charge in [-0.15, -0.1) is 0 Å². The van der Waals surface area contributed by atoms with E-state index in [1.165, 1.54) is 0 Å². The highest BCUT2D eigenvalue weighted by Gasteiger charge is 2.30. The van der Waals surface area contributed by atoms with Crippen molar-refractivity contribution < 1.29 is 14.7 Å². The third-order valence-electron chi connectivity index (χ3n) is 3.71. The number of carbonyl (C=O) groups excluding carboxylic acids is 2. The molecule has 0 bridgehead atoms. The Balaban J connectivity index is 0. The first-order chi connectivity index (χ1) is 8.82. The van der Waals surface area contributed by atoms with Crippen LogP contribution in [0.2, 0.25) is 0 Å². The molecule has 0 spiro atoms. The van der Waals surface area contributed by atoms with E-state index in [0.29, 0.717) is 13.0 Å². The van der Waals surface area contributed by atoms with E-state index in [-0.39, 0.29) is 44.6 Å². The molecule has 2 heterocycles. The summed E-state index contributed by atoms with van der Waals surface area (Å²) in [5.41, 5.74) is 3.06. The van der Waals surface area contributed by atoms with Crippen LogP contribution in [0.5, 0.6) is 0 Å². The predicted molar refractivity (Wildman–Crippen MR) is 86.0 cm³/mol. The van der Waals surface area contributed by atoms with Gasteiger partial charge in [-0.3, -0.25) is 19.9 Å². The Morgan fingerprint density at radius 2 is 1.62 bits per heavy atom. The average Bonchev–Trinajstić information content (AvgIpc) is 2.85. The molecule has 0 aromatic carbocycles. The van der Waals surface area contributed by atoms with Crippen molar-refractivity contribution in [2.45, 2.75) is 59.7 Å². The van der Waals surface area contributed by atoms with Crippen LogP contribution in [-0.2, 0) is 9.59 Å². The van der Waals surface area contributed by atoms with Crippen molar-refractivity contribution in [1.82, 2.24) is 15.3 Å². The molecule has 0 saturated carbocycles. The first-order valence-electron chi connectivity index (χ1n) is 6.68. The van der Waals surface area contributed by atoms with Gasteiger partial charge in [-0.2, -0.15) is 0 Å². The van der Waals surface area contributed by atoms with E-state index in [4.69, 9.17) is 5.11 Å². The molecule has 3 atom stereocenters. The number of hydrogen-bond acceptors (Lipinski definition) is 6. The number of β-amino-alcohol motifs (C(OH)–C–C–N with tert-alkyl or cyclic N) is 1. The SMILES string of the molecule is C.C.CC(=O)C1CC(O)CN1C.CC(=O)C1CCNN1C. The van der Waals surface area contributed by atoms with E-state index < -0.39 is 0 Å². The summed E-state index contributed by atoms with van der Waals surface area (Å²) < 4.78 is 0. The van der Waals surface area contributed by atoms with E-state index in [1.807, 2.05) is 24.0 Å². The van der Waals surface area contributed by atoms with Gasteiger partial charge in [0, 0.05) is 20.1 Å². The van der Waals surface area contributed by atoms with Crippen molar-refractivity contribution in [3.8, 4) is 0 Å².